The summed E-state index contributed by atoms with van der Waals surface area (Å²) in [5, 5.41) is 0. The minimum absolute atomic E-state index is 0. The molecule has 0 spiro atoms. The number of nitrogens with one attached hydrogen (secondary N) is 1. The zero-order chi connectivity index (χ0) is 3.54. The third-order valence-corrected chi connectivity index (χ3v) is 0.406. The second kappa shape index (κ2) is 10.7. The summed E-state index contributed by atoms with van der Waals surface area (Å²) in [6.45, 7) is 0. The van der Waals surface area contributed by atoms with Gasteiger partial charge in [0.2, 0.25) is 0 Å². The molecule has 1 aromatic heterocycles. The van der Waals surface area contributed by atoms with Crippen molar-refractivity contribution in [3.63, 3.8) is 0 Å². The van der Waals surface area contributed by atoms with Crippen LogP contribution in [0.25, 0.3) is 0 Å². The van der Waals surface area contributed by atoms with Gasteiger partial charge in [-0.15, -0.1) is 12.4 Å². The van der Waals surface area contributed by atoms with E-state index < -0.39 is 0 Å². The Hall–Kier alpha value is 0.790. The molecule has 0 saturated carbocycles. The predicted octanol–water partition coefficient (Wildman–Crippen LogP) is -5.16. The third-order valence-electron chi connectivity index (χ3n) is 0.406. The van der Waals surface area contributed by atoms with Gasteiger partial charge >= 0.3 is 29.6 Å². The summed E-state index contributed by atoms with van der Waals surface area (Å²) in [7, 11) is 0. The van der Waals surface area contributed by atoms with Gasteiger partial charge in [-0.2, -0.15) is 0 Å². The molecule has 0 aliphatic heterocycles. The number of halogens is 2. The molecule has 0 radical (unpaired) electrons. The van der Waals surface area contributed by atoms with Gasteiger partial charge in [0.15, 0.2) is 0 Å². The summed E-state index contributed by atoms with van der Waals surface area (Å²) >= 11 is 0. The maximum absolute atomic E-state index is 3.67. The van der Waals surface area contributed by atoms with Gasteiger partial charge in [0.25, 0.3) is 0 Å². The summed E-state index contributed by atoms with van der Waals surface area (Å²) in [6.07, 6.45) is 5.08. The molecule has 1 heterocycles. The van der Waals surface area contributed by atoms with Crippen LogP contribution in [0.5, 0.6) is 0 Å². The molecule has 0 fully saturated rings. The molecule has 8 heavy (non-hydrogen) atoms. The van der Waals surface area contributed by atoms with Crippen molar-refractivity contribution in [1.82, 2.24) is 9.97 Å². The molecule has 0 aliphatic rings. The number of nitrogens with zero attached hydrogens (tertiary/aromatic N) is 1. The standard InChI is InChI=1S/C3H4N2.2ClH.Na/c1-2-5-3-4-1;;;/h1-3H,(H,4,5);2*1H;/q;;;+1/p-1. The van der Waals surface area contributed by atoms with E-state index in [0.29, 0.717) is 0 Å². The number of hydrogen-bond acceptors (Lipinski definition) is 1. The second-order valence-corrected chi connectivity index (χ2v) is 0.761. The van der Waals surface area contributed by atoms with Gasteiger partial charge in [-0.1, -0.05) is 0 Å². The van der Waals surface area contributed by atoms with Crippen molar-refractivity contribution in [1.29, 1.82) is 0 Å². The van der Waals surface area contributed by atoms with E-state index in [1.54, 1.807) is 18.7 Å². The number of aromatic nitrogens is 2. The number of hydrogen-bond donors (Lipinski definition) is 1. The van der Waals surface area contributed by atoms with Crippen LogP contribution in [-0.4, -0.2) is 9.97 Å². The Bertz CT molecular complexity index is 71.8. The molecule has 0 bridgehead atoms. The topological polar surface area (TPSA) is 28.7 Å². The Kier molecular flexibility index (Phi) is 21.3. The van der Waals surface area contributed by atoms with Gasteiger partial charge < -0.3 is 17.4 Å². The van der Waals surface area contributed by atoms with Gasteiger partial charge in [-0.05, 0) is 0 Å². The molecule has 1 aromatic rings. The zero-order valence-corrected chi connectivity index (χ0v) is 8.04. The van der Waals surface area contributed by atoms with E-state index in [4.69, 9.17) is 0 Å². The maximum Gasteiger partial charge on any atom is 1.00 e. The smallest absolute Gasteiger partial charge is 1.00 e. The molecule has 0 aliphatic carbocycles. The van der Waals surface area contributed by atoms with E-state index >= 15 is 0 Å². The predicted molar refractivity (Wildman–Crippen MR) is 25.8 cm³/mol. The van der Waals surface area contributed by atoms with E-state index in [9.17, 15) is 0 Å². The van der Waals surface area contributed by atoms with Crippen LogP contribution >= 0.6 is 12.4 Å². The molecule has 0 saturated heterocycles. The third kappa shape index (κ3) is 6.79. The molecule has 2 nitrogen and oxygen atoms in total. The summed E-state index contributed by atoms with van der Waals surface area (Å²) in [5.74, 6) is 0. The normalized spacial score (nSPS) is 5.00. The molecule has 5 heteroatoms. The monoisotopic (exact) mass is 162 g/mol. The molecule has 1 rings (SSSR count). The van der Waals surface area contributed by atoms with Crippen molar-refractivity contribution >= 4 is 12.4 Å². The average molecular weight is 163 g/mol. The molecule has 0 amide bonds. The van der Waals surface area contributed by atoms with E-state index in [1.165, 1.54) is 0 Å². The van der Waals surface area contributed by atoms with Crippen molar-refractivity contribution in [2.45, 2.75) is 0 Å². The first-order valence-electron chi connectivity index (χ1n) is 1.43. The Balaban J connectivity index is -0.0000000833. The van der Waals surface area contributed by atoms with Crippen LogP contribution in [0.2, 0.25) is 0 Å². The second-order valence-electron chi connectivity index (χ2n) is 0.761. The average Bonchev–Trinajstić information content (AvgIpc) is 1.76. The number of H-pyrrole nitrogens is 1. The quantitative estimate of drug-likeness (QED) is 0.380. The van der Waals surface area contributed by atoms with Gasteiger partial charge in [-0.25, -0.2) is 4.98 Å². The Morgan fingerprint density at radius 1 is 1.38 bits per heavy atom. The summed E-state index contributed by atoms with van der Waals surface area (Å²) in [6, 6.07) is 0. The van der Waals surface area contributed by atoms with E-state index in [0.717, 1.165) is 0 Å². The molecular formula is C3H5Cl2N2Na. The molecule has 1 N–H and O–H groups in total. The van der Waals surface area contributed by atoms with Crippen LogP contribution in [-0.2, 0) is 0 Å². The van der Waals surface area contributed by atoms with E-state index in [-0.39, 0.29) is 54.4 Å². The van der Waals surface area contributed by atoms with Crippen LogP contribution in [0.4, 0.5) is 0 Å². The van der Waals surface area contributed by atoms with Crippen molar-refractivity contribution < 1.29 is 42.0 Å². The fourth-order valence-corrected chi connectivity index (χ4v) is 0.215. The van der Waals surface area contributed by atoms with Crippen LogP contribution in [0, 0.1) is 0 Å². The Morgan fingerprint density at radius 3 is 2.12 bits per heavy atom. The Labute approximate surface area is 82.6 Å². The molecular weight excluding hydrogens is 158 g/mol. The van der Waals surface area contributed by atoms with Gasteiger partial charge in [0, 0.05) is 12.4 Å². The number of rotatable bonds is 0. The Morgan fingerprint density at radius 2 is 2.00 bits per heavy atom. The minimum Gasteiger partial charge on any atom is -1.00 e. The SMILES string of the molecule is Cl.[Cl-].[Na+].c1c[nH]cn1. The zero-order valence-electron chi connectivity index (χ0n) is 4.47. The van der Waals surface area contributed by atoms with Crippen LogP contribution < -0.4 is 42.0 Å². The summed E-state index contributed by atoms with van der Waals surface area (Å²) in [4.78, 5) is 6.42. The first-order valence-corrected chi connectivity index (χ1v) is 1.43. The number of aromatic amines is 1. The largest absolute Gasteiger partial charge is 1.00 e. The molecule has 0 atom stereocenters. The molecule has 0 unspecified atom stereocenters. The first kappa shape index (κ1) is 15.9. The van der Waals surface area contributed by atoms with Crippen molar-refractivity contribution in [2.75, 3.05) is 0 Å². The van der Waals surface area contributed by atoms with Crippen LogP contribution in [0.1, 0.15) is 0 Å². The van der Waals surface area contributed by atoms with E-state index in [1.807, 2.05) is 0 Å². The van der Waals surface area contributed by atoms with Gasteiger partial charge in [0.1, 0.15) is 0 Å². The summed E-state index contributed by atoms with van der Waals surface area (Å²) in [5.41, 5.74) is 0. The van der Waals surface area contributed by atoms with Crippen molar-refractivity contribution in [3.05, 3.63) is 18.7 Å². The number of imidazole rings is 1. The first-order chi connectivity index (χ1) is 2.50. The van der Waals surface area contributed by atoms with Crippen molar-refractivity contribution in [2.24, 2.45) is 0 Å². The fraction of sp³-hybridized carbons (Fsp3) is 0. The molecule has 42 valence electrons. The van der Waals surface area contributed by atoms with Gasteiger partial charge in [-0.3, -0.25) is 0 Å². The van der Waals surface area contributed by atoms with Crippen molar-refractivity contribution in [3.8, 4) is 0 Å². The van der Waals surface area contributed by atoms with Gasteiger partial charge in [0.05, 0.1) is 6.33 Å². The molecule has 0 aromatic carbocycles. The van der Waals surface area contributed by atoms with Crippen LogP contribution in [0.3, 0.4) is 0 Å². The summed E-state index contributed by atoms with van der Waals surface area (Å²) < 4.78 is 0. The fourth-order valence-electron chi connectivity index (χ4n) is 0.215. The van der Waals surface area contributed by atoms with Crippen LogP contribution in [0.15, 0.2) is 18.7 Å². The van der Waals surface area contributed by atoms with E-state index in [2.05, 4.69) is 9.97 Å². The minimum atomic E-state index is 0. The maximum atomic E-state index is 3.67.